The summed E-state index contributed by atoms with van der Waals surface area (Å²) in [5.41, 5.74) is 3.01. The number of aryl methyl sites for hydroxylation is 1. The summed E-state index contributed by atoms with van der Waals surface area (Å²) < 4.78 is 12.0. The van der Waals surface area contributed by atoms with Gasteiger partial charge in [-0.25, -0.2) is 0 Å². The first-order valence-electron chi connectivity index (χ1n) is 8.45. The van der Waals surface area contributed by atoms with Crippen molar-refractivity contribution in [2.24, 2.45) is 0 Å². The van der Waals surface area contributed by atoms with Crippen molar-refractivity contribution in [2.75, 3.05) is 6.79 Å². The van der Waals surface area contributed by atoms with Crippen molar-refractivity contribution in [1.82, 2.24) is 5.32 Å². The first kappa shape index (κ1) is 19.3. The molecule has 4 nitrogen and oxygen atoms in total. The lowest BCUT2D eigenvalue weighted by Gasteiger charge is -2.17. The average Bonchev–Trinajstić information content (AvgIpc) is 3.02. The highest BCUT2D eigenvalue weighted by atomic mass is 79.9. The van der Waals surface area contributed by atoms with Crippen LogP contribution in [0.1, 0.15) is 44.2 Å². The molecule has 1 N–H and O–H groups in total. The molecular formula is C20H24BrNO3. The number of benzene rings is 1. The summed E-state index contributed by atoms with van der Waals surface area (Å²) in [5.74, 6) is 1.29. The van der Waals surface area contributed by atoms with Crippen LogP contribution in [0.15, 0.2) is 58.1 Å². The van der Waals surface area contributed by atoms with E-state index in [9.17, 15) is 4.79 Å². The molecule has 0 spiro atoms. The van der Waals surface area contributed by atoms with Gasteiger partial charge in [-0.2, -0.15) is 0 Å². The molecule has 1 unspecified atom stereocenters. The van der Waals surface area contributed by atoms with Crippen molar-refractivity contribution in [3.63, 3.8) is 0 Å². The maximum atomic E-state index is 12.3. The largest absolute Gasteiger partial charge is 0.454 e. The lowest BCUT2D eigenvalue weighted by molar-refractivity contribution is -0.120. The summed E-state index contributed by atoms with van der Waals surface area (Å²) in [6.45, 7) is 8.10. The lowest BCUT2D eigenvalue weighted by Crippen LogP contribution is -2.23. The second kappa shape index (κ2) is 8.90. The Labute approximate surface area is 157 Å². The second-order valence-corrected chi connectivity index (χ2v) is 6.60. The first-order chi connectivity index (χ1) is 12.0. The fourth-order valence-corrected chi connectivity index (χ4v) is 3.12. The number of halogens is 1. The van der Waals surface area contributed by atoms with Crippen molar-refractivity contribution >= 4 is 21.8 Å². The Morgan fingerprint density at radius 2 is 1.88 bits per heavy atom. The third-order valence-corrected chi connectivity index (χ3v) is 4.38. The molecule has 1 aromatic carbocycles. The van der Waals surface area contributed by atoms with E-state index in [1.54, 1.807) is 6.08 Å². The zero-order chi connectivity index (χ0) is 18.4. The van der Waals surface area contributed by atoms with Crippen molar-refractivity contribution in [1.29, 1.82) is 0 Å². The molecule has 134 valence electrons. The van der Waals surface area contributed by atoms with E-state index in [-0.39, 0.29) is 18.6 Å². The zero-order valence-corrected chi connectivity index (χ0v) is 16.6. The molecule has 2 aliphatic rings. The maximum Gasteiger partial charge on any atom is 0.231 e. The van der Waals surface area contributed by atoms with Crippen LogP contribution in [0.2, 0.25) is 0 Å². The van der Waals surface area contributed by atoms with Crippen LogP contribution in [0.25, 0.3) is 0 Å². The smallest absolute Gasteiger partial charge is 0.231 e. The molecular weight excluding hydrogens is 382 g/mol. The second-order valence-electron chi connectivity index (χ2n) is 5.68. The van der Waals surface area contributed by atoms with Gasteiger partial charge in [0.2, 0.25) is 12.7 Å². The van der Waals surface area contributed by atoms with E-state index in [4.69, 9.17) is 9.47 Å². The minimum atomic E-state index is -0.0312. The normalized spacial score (nSPS) is 23.0. The number of ether oxygens (including phenoxy) is 2. The number of hydrogen-bond donors (Lipinski definition) is 1. The standard InChI is InChI=1S/C18H18BrNO3.C2H6/c1-11-3-5-14(19)9-15(11)13-4-6-16-17(23-10-22-16)7-12(2)20-18(21)8-13;1-2/h3-7,9,13H,8,10H2,1-2H3,(H,20,21);1-2H3/b6-4+,12-7+;. The van der Waals surface area contributed by atoms with Gasteiger partial charge in [-0.05, 0) is 43.2 Å². The Morgan fingerprint density at radius 3 is 2.64 bits per heavy atom. The van der Waals surface area contributed by atoms with Crippen LogP contribution >= 0.6 is 15.9 Å². The van der Waals surface area contributed by atoms with Crippen LogP contribution in [-0.2, 0) is 14.3 Å². The van der Waals surface area contributed by atoms with Crippen molar-refractivity contribution in [3.8, 4) is 0 Å². The third kappa shape index (κ3) is 4.98. The molecule has 0 fully saturated rings. The number of nitrogens with one attached hydrogen (secondary N) is 1. The molecule has 3 rings (SSSR count). The zero-order valence-electron chi connectivity index (χ0n) is 15.1. The molecule has 25 heavy (non-hydrogen) atoms. The van der Waals surface area contributed by atoms with Crippen LogP contribution in [0.3, 0.4) is 0 Å². The van der Waals surface area contributed by atoms with Gasteiger partial charge in [0.05, 0.1) is 0 Å². The van der Waals surface area contributed by atoms with E-state index in [1.165, 1.54) is 0 Å². The van der Waals surface area contributed by atoms with E-state index < -0.39 is 0 Å². The molecule has 0 aromatic heterocycles. The Hall–Kier alpha value is -2.01. The van der Waals surface area contributed by atoms with Gasteiger partial charge < -0.3 is 14.8 Å². The molecule has 2 heterocycles. The van der Waals surface area contributed by atoms with Gasteiger partial charge in [0.1, 0.15) is 0 Å². The number of carbonyl (C=O) groups excluding carboxylic acids is 1. The summed E-state index contributed by atoms with van der Waals surface area (Å²) in [5, 5.41) is 2.90. The fraction of sp³-hybridized carbons (Fsp3) is 0.350. The molecule has 0 radical (unpaired) electrons. The molecule has 1 amide bonds. The first-order valence-corrected chi connectivity index (χ1v) is 9.24. The Kier molecular flexibility index (Phi) is 6.88. The van der Waals surface area contributed by atoms with Crippen molar-refractivity contribution in [3.05, 3.63) is 69.2 Å². The molecule has 0 saturated carbocycles. The van der Waals surface area contributed by atoms with E-state index in [0.29, 0.717) is 17.9 Å². The van der Waals surface area contributed by atoms with Gasteiger partial charge >= 0.3 is 0 Å². The summed E-state index contributed by atoms with van der Waals surface area (Å²) in [6, 6.07) is 6.12. The number of amides is 1. The monoisotopic (exact) mass is 405 g/mol. The molecule has 1 atom stereocenters. The SMILES string of the molecule is C/C1=C\C2=C(/C=C/C(c3cc(Br)ccc3C)CC(=O)N1)OCO2.CC. The number of rotatable bonds is 1. The number of allylic oxidation sites excluding steroid dienone is 4. The quantitative estimate of drug-likeness (QED) is 0.709. The molecule has 0 bridgehead atoms. The molecule has 2 aliphatic heterocycles. The van der Waals surface area contributed by atoms with Gasteiger partial charge in [-0.3, -0.25) is 4.79 Å². The van der Waals surface area contributed by atoms with E-state index >= 15 is 0 Å². The summed E-state index contributed by atoms with van der Waals surface area (Å²) in [7, 11) is 0. The molecule has 5 heteroatoms. The van der Waals surface area contributed by atoms with Crippen LogP contribution < -0.4 is 5.32 Å². The topological polar surface area (TPSA) is 47.6 Å². The summed E-state index contributed by atoms with van der Waals surface area (Å²) in [4.78, 5) is 12.3. The van der Waals surface area contributed by atoms with Crippen LogP contribution in [-0.4, -0.2) is 12.7 Å². The van der Waals surface area contributed by atoms with E-state index in [0.717, 1.165) is 21.3 Å². The van der Waals surface area contributed by atoms with E-state index in [2.05, 4.69) is 40.3 Å². The van der Waals surface area contributed by atoms with Crippen molar-refractivity contribution in [2.45, 2.75) is 40.0 Å². The summed E-state index contributed by atoms with van der Waals surface area (Å²) >= 11 is 3.51. The highest BCUT2D eigenvalue weighted by Crippen LogP contribution is 2.30. The molecule has 0 aliphatic carbocycles. The van der Waals surface area contributed by atoms with Crippen LogP contribution in [0, 0.1) is 6.92 Å². The van der Waals surface area contributed by atoms with E-state index in [1.807, 2.05) is 39.0 Å². The maximum absolute atomic E-state index is 12.3. The highest BCUT2D eigenvalue weighted by molar-refractivity contribution is 9.10. The molecule has 0 saturated heterocycles. The third-order valence-electron chi connectivity index (χ3n) is 3.88. The Morgan fingerprint density at radius 1 is 1.16 bits per heavy atom. The minimum absolute atomic E-state index is 0.0178. The number of carbonyl (C=O) groups is 1. The van der Waals surface area contributed by atoms with Gasteiger partial charge in [0.25, 0.3) is 0 Å². The van der Waals surface area contributed by atoms with Gasteiger partial charge in [0.15, 0.2) is 11.5 Å². The predicted molar refractivity (Wildman–Crippen MR) is 103 cm³/mol. The Bertz CT molecular complexity index is 734. The predicted octanol–water partition coefficient (Wildman–Crippen LogP) is 5.06. The fourth-order valence-electron chi connectivity index (χ4n) is 2.74. The summed E-state index contributed by atoms with van der Waals surface area (Å²) in [6.07, 6.45) is 6.07. The van der Waals surface area contributed by atoms with Crippen LogP contribution in [0.4, 0.5) is 0 Å². The number of hydrogen-bond acceptors (Lipinski definition) is 3. The highest BCUT2D eigenvalue weighted by Gasteiger charge is 2.20. The average molecular weight is 406 g/mol. The minimum Gasteiger partial charge on any atom is -0.454 e. The van der Waals surface area contributed by atoms with Gasteiger partial charge in [-0.15, -0.1) is 0 Å². The Balaban J connectivity index is 0.00000109. The van der Waals surface area contributed by atoms with Gasteiger partial charge in [0, 0.05) is 28.6 Å². The van der Waals surface area contributed by atoms with Gasteiger partial charge in [-0.1, -0.05) is 41.9 Å². The lowest BCUT2D eigenvalue weighted by atomic mass is 9.91. The molecule has 1 aromatic rings. The van der Waals surface area contributed by atoms with Crippen LogP contribution in [0.5, 0.6) is 0 Å². The van der Waals surface area contributed by atoms with Crippen molar-refractivity contribution < 1.29 is 14.3 Å².